The molecular formula is C19H16N2O4. The van der Waals surface area contributed by atoms with Crippen LogP contribution >= 0.6 is 0 Å². The first-order valence-electron chi connectivity index (χ1n) is 7.65. The summed E-state index contributed by atoms with van der Waals surface area (Å²) in [4.78, 5) is 39.0. The van der Waals surface area contributed by atoms with Gasteiger partial charge in [-0.2, -0.15) is 0 Å². The number of carboxylic acids is 1. The van der Waals surface area contributed by atoms with E-state index in [1.807, 2.05) is 0 Å². The molecule has 0 bridgehead atoms. The molecule has 0 saturated carbocycles. The average molecular weight is 336 g/mol. The predicted octanol–water partition coefficient (Wildman–Crippen LogP) is 2.26. The number of hydrogen-bond acceptors (Lipinski definition) is 3. The number of carbonyl (C=O) groups excluding carboxylic acids is 1. The Morgan fingerprint density at radius 1 is 1.04 bits per heavy atom. The van der Waals surface area contributed by atoms with Crippen LogP contribution in [0.5, 0.6) is 0 Å². The van der Waals surface area contributed by atoms with Crippen LogP contribution in [-0.4, -0.2) is 22.0 Å². The van der Waals surface area contributed by atoms with Crippen LogP contribution in [0.4, 0.5) is 0 Å². The molecule has 2 aromatic carbocycles. The average Bonchev–Trinajstić information content (AvgIpc) is 2.62. The zero-order valence-corrected chi connectivity index (χ0v) is 13.4. The Morgan fingerprint density at radius 2 is 1.68 bits per heavy atom. The van der Waals surface area contributed by atoms with Crippen molar-refractivity contribution in [3.05, 3.63) is 82.3 Å². The summed E-state index contributed by atoms with van der Waals surface area (Å²) in [7, 11) is 0. The minimum absolute atomic E-state index is 0.00658. The highest BCUT2D eigenvalue weighted by Gasteiger charge is 2.37. The molecule has 126 valence electrons. The van der Waals surface area contributed by atoms with Crippen molar-refractivity contribution in [1.82, 2.24) is 10.3 Å². The Labute approximate surface area is 143 Å². The molecule has 0 fully saturated rings. The van der Waals surface area contributed by atoms with Gasteiger partial charge in [-0.15, -0.1) is 0 Å². The summed E-state index contributed by atoms with van der Waals surface area (Å²) in [5, 5.41) is 13.2. The normalized spacial score (nSPS) is 13.2. The zero-order chi connectivity index (χ0) is 18.0. The highest BCUT2D eigenvalue weighted by atomic mass is 16.4. The van der Waals surface area contributed by atoms with Gasteiger partial charge >= 0.3 is 5.97 Å². The van der Waals surface area contributed by atoms with Gasteiger partial charge in [0, 0.05) is 5.39 Å². The van der Waals surface area contributed by atoms with Gasteiger partial charge < -0.3 is 15.4 Å². The Balaban J connectivity index is 2.01. The molecule has 6 heteroatoms. The maximum Gasteiger partial charge on any atom is 0.333 e. The second-order valence-electron chi connectivity index (χ2n) is 5.85. The van der Waals surface area contributed by atoms with Crippen LogP contribution in [0, 0.1) is 0 Å². The molecule has 0 spiro atoms. The molecule has 3 N–H and O–H groups in total. The van der Waals surface area contributed by atoms with Gasteiger partial charge in [0.15, 0.2) is 5.54 Å². The molecule has 1 amide bonds. The summed E-state index contributed by atoms with van der Waals surface area (Å²) in [6.07, 6.45) is 0. The second-order valence-corrected chi connectivity index (χ2v) is 5.85. The summed E-state index contributed by atoms with van der Waals surface area (Å²) in [6.45, 7) is 1.40. The Hall–Kier alpha value is -3.41. The van der Waals surface area contributed by atoms with Crippen molar-refractivity contribution < 1.29 is 14.7 Å². The van der Waals surface area contributed by atoms with Gasteiger partial charge in [-0.3, -0.25) is 9.59 Å². The molecular weight excluding hydrogens is 320 g/mol. The number of nitrogens with one attached hydrogen (secondary N) is 2. The van der Waals surface area contributed by atoms with Gasteiger partial charge in [-0.1, -0.05) is 48.5 Å². The lowest BCUT2D eigenvalue weighted by Gasteiger charge is -2.26. The number of H-pyrrole nitrogens is 1. The van der Waals surface area contributed by atoms with Gasteiger partial charge in [0.25, 0.3) is 11.5 Å². The van der Waals surface area contributed by atoms with E-state index in [0.717, 1.165) is 0 Å². The molecule has 6 nitrogen and oxygen atoms in total. The minimum atomic E-state index is -1.62. The quantitative estimate of drug-likeness (QED) is 0.680. The molecule has 3 rings (SSSR count). The lowest BCUT2D eigenvalue weighted by Crippen LogP contribution is -2.49. The molecule has 25 heavy (non-hydrogen) atoms. The molecule has 3 aromatic rings. The van der Waals surface area contributed by atoms with Crippen LogP contribution in [0.25, 0.3) is 10.8 Å². The zero-order valence-electron chi connectivity index (χ0n) is 13.4. The van der Waals surface area contributed by atoms with E-state index in [9.17, 15) is 19.5 Å². The third kappa shape index (κ3) is 3.01. The maximum absolute atomic E-state index is 12.6. The second kappa shape index (κ2) is 6.24. The van der Waals surface area contributed by atoms with E-state index < -0.39 is 23.0 Å². The van der Waals surface area contributed by atoms with E-state index in [2.05, 4.69) is 10.3 Å². The van der Waals surface area contributed by atoms with E-state index >= 15 is 0 Å². The standard InChI is InChI=1S/C19H16N2O4/c1-19(18(24)25,13-8-3-2-4-9-13)21-17(23)15-11-12-7-5-6-10-14(12)16(22)20-15/h2-11H,1H3,(H,20,22)(H,21,23)(H,24,25). The fraction of sp³-hybridized carbons (Fsp3) is 0.105. The lowest BCUT2D eigenvalue weighted by molar-refractivity contribution is -0.144. The van der Waals surface area contributed by atoms with Crippen molar-refractivity contribution in [3.8, 4) is 0 Å². The number of rotatable bonds is 4. The third-order valence-electron chi connectivity index (χ3n) is 4.14. The molecule has 0 aliphatic carbocycles. The third-order valence-corrected chi connectivity index (χ3v) is 4.14. The Kier molecular flexibility index (Phi) is 4.10. The van der Waals surface area contributed by atoms with Crippen LogP contribution in [0.1, 0.15) is 23.0 Å². The largest absolute Gasteiger partial charge is 0.479 e. The molecule has 0 radical (unpaired) electrons. The smallest absolute Gasteiger partial charge is 0.333 e. The van der Waals surface area contributed by atoms with Crippen molar-refractivity contribution in [2.24, 2.45) is 0 Å². The van der Waals surface area contributed by atoms with Crippen molar-refractivity contribution in [2.45, 2.75) is 12.5 Å². The van der Waals surface area contributed by atoms with Gasteiger partial charge in [0.1, 0.15) is 5.69 Å². The van der Waals surface area contributed by atoms with Crippen LogP contribution in [-0.2, 0) is 10.3 Å². The first-order valence-corrected chi connectivity index (χ1v) is 7.65. The minimum Gasteiger partial charge on any atom is -0.479 e. The van der Waals surface area contributed by atoms with E-state index in [1.54, 1.807) is 54.6 Å². The molecule has 0 saturated heterocycles. The van der Waals surface area contributed by atoms with Crippen LogP contribution < -0.4 is 10.9 Å². The van der Waals surface area contributed by atoms with Crippen molar-refractivity contribution in [3.63, 3.8) is 0 Å². The molecule has 1 atom stereocenters. The highest BCUT2D eigenvalue weighted by molar-refractivity contribution is 5.99. The molecule has 1 aromatic heterocycles. The number of benzene rings is 2. The van der Waals surface area contributed by atoms with E-state index in [4.69, 9.17) is 0 Å². The monoisotopic (exact) mass is 336 g/mol. The highest BCUT2D eigenvalue weighted by Crippen LogP contribution is 2.21. The van der Waals surface area contributed by atoms with Crippen molar-refractivity contribution in [1.29, 1.82) is 0 Å². The SMILES string of the molecule is CC(NC(=O)c1cc2ccccc2c(=O)[nH]1)(C(=O)O)c1ccccc1. The number of fused-ring (bicyclic) bond motifs is 1. The first-order chi connectivity index (χ1) is 11.9. The predicted molar refractivity (Wildman–Crippen MR) is 93.5 cm³/mol. The van der Waals surface area contributed by atoms with Crippen LogP contribution in [0.2, 0.25) is 0 Å². The summed E-state index contributed by atoms with van der Waals surface area (Å²) in [6, 6.07) is 16.8. The number of aliphatic carboxylic acids is 1. The van der Waals surface area contributed by atoms with Crippen LogP contribution in [0.15, 0.2) is 65.5 Å². The number of pyridine rings is 1. The van der Waals surface area contributed by atoms with Gasteiger partial charge in [-0.05, 0) is 30.0 Å². The molecule has 0 aliphatic heterocycles. The Bertz CT molecular complexity index is 1010. The lowest BCUT2D eigenvalue weighted by atomic mass is 9.92. The molecule has 1 unspecified atom stereocenters. The van der Waals surface area contributed by atoms with Crippen LogP contribution in [0.3, 0.4) is 0 Å². The number of aromatic amines is 1. The van der Waals surface area contributed by atoms with Gasteiger partial charge in [0.05, 0.1) is 0 Å². The number of amides is 1. The number of carbonyl (C=O) groups is 2. The summed E-state index contributed by atoms with van der Waals surface area (Å²) in [5.74, 6) is -1.87. The number of hydrogen-bond donors (Lipinski definition) is 3. The van der Waals surface area contributed by atoms with E-state index in [0.29, 0.717) is 16.3 Å². The summed E-state index contributed by atoms with van der Waals surface area (Å²) < 4.78 is 0. The van der Waals surface area contributed by atoms with Crippen molar-refractivity contribution >= 4 is 22.6 Å². The number of carboxylic acid groups (broad SMARTS) is 1. The van der Waals surface area contributed by atoms with Crippen molar-refractivity contribution in [2.75, 3.05) is 0 Å². The number of aromatic nitrogens is 1. The van der Waals surface area contributed by atoms with Gasteiger partial charge in [-0.25, -0.2) is 4.79 Å². The fourth-order valence-electron chi connectivity index (χ4n) is 2.65. The fourth-order valence-corrected chi connectivity index (χ4v) is 2.65. The van der Waals surface area contributed by atoms with E-state index in [1.165, 1.54) is 13.0 Å². The summed E-state index contributed by atoms with van der Waals surface area (Å²) >= 11 is 0. The Morgan fingerprint density at radius 3 is 2.36 bits per heavy atom. The van der Waals surface area contributed by atoms with E-state index in [-0.39, 0.29) is 5.69 Å². The maximum atomic E-state index is 12.6. The molecule has 1 heterocycles. The molecule has 0 aliphatic rings. The first kappa shape index (κ1) is 16.4. The topological polar surface area (TPSA) is 99.3 Å². The summed E-state index contributed by atoms with van der Waals surface area (Å²) in [5.41, 5.74) is -1.59. The van der Waals surface area contributed by atoms with Gasteiger partial charge in [0.2, 0.25) is 0 Å².